The maximum Gasteiger partial charge on any atom is 0.0536 e. The Balaban J connectivity index is 2.12. The van der Waals surface area contributed by atoms with Crippen molar-refractivity contribution in [3.63, 3.8) is 0 Å². The first kappa shape index (κ1) is 16.3. The molecule has 0 aromatic heterocycles. The lowest BCUT2D eigenvalue weighted by Crippen LogP contribution is -2.37. The van der Waals surface area contributed by atoms with E-state index in [9.17, 15) is 0 Å². The molecule has 1 aliphatic carbocycles. The Hall–Kier alpha value is -1.08. The van der Waals surface area contributed by atoms with Crippen LogP contribution >= 0.6 is 0 Å². The standard InChI is InChI=1S/C20H30Si/c1-5-21(6-2,7-3)17-20(4)15-13-19(14-16-20)18-11-9-8-10-12-18/h8-15H,5-7,16-17H2,1-4H3. The maximum absolute atomic E-state index is 2.50. The van der Waals surface area contributed by atoms with Gasteiger partial charge in [-0.2, -0.15) is 0 Å². The highest BCUT2D eigenvalue weighted by molar-refractivity contribution is 6.79. The van der Waals surface area contributed by atoms with E-state index in [-0.39, 0.29) is 0 Å². The van der Waals surface area contributed by atoms with Gasteiger partial charge in [-0.3, -0.25) is 0 Å². The van der Waals surface area contributed by atoms with E-state index < -0.39 is 8.07 Å². The van der Waals surface area contributed by atoms with Crippen LogP contribution in [0.2, 0.25) is 24.2 Å². The van der Waals surface area contributed by atoms with Gasteiger partial charge >= 0.3 is 0 Å². The Labute approximate surface area is 132 Å². The molecule has 1 aromatic carbocycles. The lowest BCUT2D eigenvalue weighted by molar-refractivity contribution is 0.474. The number of benzene rings is 1. The molecule has 2 rings (SSSR count). The molecule has 0 heterocycles. The molecule has 0 fully saturated rings. The van der Waals surface area contributed by atoms with E-state index in [4.69, 9.17) is 0 Å². The van der Waals surface area contributed by atoms with E-state index in [1.54, 1.807) is 0 Å². The summed E-state index contributed by atoms with van der Waals surface area (Å²) in [6.45, 7) is 9.71. The third kappa shape index (κ3) is 3.77. The van der Waals surface area contributed by atoms with Gasteiger partial charge in [0, 0.05) is 0 Å². The average Bonchev–Trinajstić information content (AvgIpc) is 2.54. The fraction of sp³-hybridized carbons (Fsp3) is 0.500. The molecule has 0 aliphatic heterocycles. The molecule has 114 valence electrons. The molecule has 0 saturated heterocycles. The van der Waals surface area contributed by atoms with E-state index in [1.165, 1.54) is 41.7 Å². The molecule has 0 nitrogen and oxygen atoms in total. The predicted octanol–water partition coefficient (Wildman–Crippen LogP) is 6.54. The molecular formula is C20H30Si. The molecule has 1 aliphatic rings. The molecule has 0 bridgehead atoms. The highest BCUT2D eigenvalue weighted by atomic mass is 28.3. The van der Waals surface area contributed by atoms with Crippen molar-refractivity contribution in [3.8, 4) is 0 Å². The van der Waals surface area contributed by atoms with Gasteiger partial charge in [0.05, 0.1) is 8.07 Å². The first-order chi connectivity index (χ1) is 10.1. The van der Waals surface area contributed by atoms with Gasteiger partial charge in [-0.05, 0) is 29.0 Å². The van der Waals surface area contributed by atoms with Crippen LogP contribution in [0, 0.1) is 5.41 Å². The molecule has 1 aromatic rings. The van der Waals surface area contributed by atoms with Crippen molar-refractivity contribution in [2.75, 3.05) is 0 Å². The largest absolute Gasteiger partial charge is 0.0780 e. The van der Waals surface area contributed by atoms with Crippen LogP contribution in [0.4, 0.5) is 0 Å². The van der Waals surface area contributed by atoms with Crippen LogP contribution < -0.4 is 0 Å². The third-order valence-corrected chi connectivity index (χ3v) is 11.6. The summed E-state index contributed by atoms with van der Waals surface area (Å²) < 4.78 is 0. The summed E-state index contributed by atoms with van der Waals surface area (Å²) in [5, 5.41) is 0. The van der Waals surface area contributed by atoms with Crippen LogP contribution in [0.3, 0.4) is 0 Å². The Kier molecular flexibility index (Phi) is 5.26. The summed E-state index contributed by atoms with van der Waals surface area (Å²) in [4.78, 5) is 0. The first-order valence-electron chi connectivity index (χ1n) is 8.51. The van der Waals surface area contributed by atoms with Crippen LogP contribution in [0.25, 0.3) is 5.57 Å². The van der Waals surface area contributed by atoms with Gasteiger partial charge in [-0.25, -0.2) is 0 Å². The van der Waals surface area contributed by atoms with Crippen LogP contribution in [0.1, 0.15) is 39.7 Å². The zero-order valence-corrected chi connectivity index (χ0v) is 15.2. The van der Waals surface area contributed by atoms with E-state index in [0.29, 0.717) is 5.41 Å². The number of rotatable bonds is 6. The number of hydrogen-bond acceptors (Lipinski definition) is 0. The summed E-state index contributed by atoms with van der Waals surface area (Å²) in [6.07, 6.45) is 8.51. The SMILES string of the molecule is CC[Si](CC)(CC)CC1(C)C=CC(c2ccccc2)=CC1. The minimum absolute atomic E-state index is 0.381. The minimum atomic E-state index is -1.06. The van der Waals surface area contributed by atoms with Crippen molar-refractivity contribution in [1.82, 2.24) is 0 Å². The molecule has 0 amide bonds. The summed E-state index contributed by atoms with van der Waals surface area (Å²) in [5.74, 6) is 0. The number of allylic oxidation sites excluding steroid dienone is 4. The van der Waals surface area contributed by atoms with Gasteiger partial charge in [0.2, 0.25) is 0 Å². The fourth-order valence-corrected chi connectivity index (χ4v) is 7.95. The van der Waals surface area contributed by atoms with Gasteiger partial charge in [-0.15, -0.1) is 0 Å². The molecule has 1 atom stereocenters. The van der Waals surface area contributed by atoms with E-state index >= 15 is 0 Å². The summed E-state index contributed by atoms with van der Waals surface area (Å²) in [7, 11) is -1.06. The summed E-state index contributed by atoms with van der Waals surface area (Å²) in [6, 6.07) is 16.5. The molecule has 1 unspecified atom stereocenters. The van der Waals surface area contributed by atoms with Crippen molar-refractivity contribution in [2.45, 2.75) is 58.3 Å². The highest BCUT2D eigenvalue weighted by Gasteiger charge is 2.35. The lowest BCUT2D eigenvalue weighted by Gasteiger charge is -2.38. The molecule has 0 radical (unpaired) electrons. The summed E-state index contributed by atoms with van der Waals surface area (Å²) >= 11 is 0. The van der Waals surface area contributed by atoms with Crippen molar-refractivity contribution in [1.29, 1.82) is 0 Å². The van der Waals surface area contributed by atoms with E-state index in [0.717, 1.165) is 0 Å². The van der Waals surface area contributed by atoms with Gasteiger partial charge < -0.3 is 0 Å². The van der Waals surface area contributed by atoms with E-state index in [2.05, 4.69) is 76.3 Å². The second-order valence-electron chi connectivity index (χ2n) is 6.95. The average molecular weight is 299 g/mol. The normalized spacial score (nSPS) is 22.2. The second-order valence-corrected chi connectivity index (χ2v) is 12.4. The van der Waals surface area contributed by atoms with Gasteiger partial charge in [0.1, 0.15) is 0 Å². The topological polar surface area (TPSA) is 0 Å². The third-order valence-electron chi connectivity index (χ3n) is 5.59. The quantitative estimate of drug-likeness (QED) is 0.523. The van der Waals surface area contributed by atoms with Crippen molar-refractivity contribution in [3.05, 3.63) is 54.1 Å². The van der Waals surface area contributed by atoms with Crippen LogP contribution in [0.15, 0.2) is 48.6 Å². The predicted molar refractivity (Wildman–Crippen MR) is 98.3 cm³/mol. The van der Waals surface area contributed by atoms with Crippen molar-refractivity contribution >= 4 is 13.6 Å². The van der Waals surface area contributed by atoms with Crippen LogP contribution in [-0.2, 0) is 0 Å². The lowest BCUT2D eigenvalue weighted by atomic mass is 9.82. The van der Waals surface area contributed by atoms with Crippen LogP contribution in [-0.4, -0.2) is 8.07 Å². The van der Waals surface area contributed by atoms with Crippen LogP contribution in [0.5, 0.6) is 0 Å². The van der Waals surface area contributed by atoms with Gasteiger partial charge in [0.25, 0.3) is 0 Å². The smallest absolute Gasteiger partial charge is 0.0536 e. The Morgan fingerprint density at radius 1 is 1.00 bits per heavy atom. The number of hydrogen-bond donors (Lipinski definition) is 0. The second kappa shape index (κ2) is 6.78. The zero-order valence-electron chi connectivity index (χ0n) is 14.2. The molecule has 0 saturated carbocycles. The molecular weight excluding hydrogens is 268 g/mol. The van der Waals surface area contributed by atoms with Gasteiger partial charge in [0.15, 0.2) is 0 Å². The van der Waals surface area contributed by atoms with Gasteiger partial charge in [-0.1, -0.05) is 94.4 Å². The maximum atomic E-state index is 2.50. The Bertz CT molecular complexity index is 500. The highest BCUT2D eigenvalue weighted by Crippen LogP contribution is 2.42. The Morgan fingerprint density at radius 2 is 1.62 bits per heavy atom. The molecule has 0 spiro atoms. The van der Waals surface area contributed by atoms with Crippen molar-refractivity contribution in [2.24, 2.45) is 5.41 Å². The Morgan fingerprint density at radius 3 is 2.10 bits per heavy atom. The first-order valence-corrected chi connectivity index (χ1v) is 11.3. The summed E-state index contributed by atoms with van der Waals surface area (Å²) in [5.41, 5.74) is 3.12. The molecule has 0 N–H and O–H groups in total. The minimum Gasteiger partial charge on any atom is -0.0780 e. The van der Waals surface area contributed by atoms with Crippen molar-refractivity contribution < 1.29 is 0 Å². The fourth-order valence-electron chi connectivity index (χ4n) is 3.73. The zero-order chi connectivity index (χ0) is 15.3. The molecule has 21 heavy (non-hydrogen) atoms. The van der Waals surface area contributed by atoms with E-state index in [1.807, 2.05) is 0 Å². The monoisotopic (exact) mass is 298 g/mol. The molecule has 1 heteroatoms.